The first-order valence-corrected chi connectivity index (χ1v) is 8.80. The predicted octanol–water partition coefficient (Wildman–Crippen LogP) is 4.92. The molecule has 1 amide bonds. The van der Waals surface area contributed by atoms with Crippen LogP contribution in [0.3, 0.4) is 0 Å². The zero-order valence-electron chi connectivity index (χ0n) is 13.6. The molecular weight excluding hydrogens is 378 g/mol. The van der Waals surface area contributed by atoms with Crippen molar-refractivity contribution in [1.82, 2.24) is 4.98 Å². The van der Waals surface area contributed by atoms with Crippen LogP contribution >= 0.6 is 15.9 Å². The van der Waals surface area contributed by atoms with Gasteiger partial charge in [0.15, 0.2) is 0 Å². The Balaban J connectivity index is 1.82. The van der Waals surface area contributed by atoms with Crippen molar-refractivity contribution < 1.29 is 4.79 Å². The van der Waals surface area contributed by atoms with Gasteiger partial charge in [0.1, 0.15) is 12.0 Å². The van der Waals surface area contributed by atoms with Crippen molar-refractivity contribution in [1.29, 1.82) is 0 Å². The summed E-state index contributed by atoms with van der Waals surface area (Å²) >= 11 is 3.56. The molecule has 25 heavy (non-hydrogen) atoms. The molecule has 0 fully saturated rings. The summed E-state index contributed by atoms with van der Waals surface area (Å²) in [7, 11) is 0. The maximum atomic E-state index is 13.0. The molecule has 2 heterocycles. The van der Waals surface area contributed by atoms with E-state index < -0.39 is 0 Å². The summed E-state index contributed by atoms with van der Waals surface area (Å²) in [5.74, 6) is 0.601. The topological polar surface area (TPSA) is 45.2 Å². The van der Waals surface area contributed by atoms with E-state index in [1.165, 1.54) is 0 Å². The van der Waals surface area contributed by atoms with Crippen molar-refractivity contribution in [3.8, 4) is 0 Å². The SMILES string of the molecule is Cc1ccnc(N2C(=O)c3ccccc3C2Nc2ccccc2Br)c1. The number of pyridine rings is 1. The monoisotopic (exact) mass is 393 g/mol. The summed E-state index contributed by atoms with van der Waals surface area (Å²) in [5.41, 5.74) is 3.64. The molecule has 4 rings (SSSR count). The number of para-hydroxylation sites is 1. The molecule has 2 aromatic carbocycles. The maximum absolute atomic E-state index is 13.0. The van der Waals surface area contributed by atoms with Gasteiger partial charge >= 0.3 is 0 Å². The molecule has 1 unspecified atom stereocenters. The Labute approximate surface area is 154 Å². The molecule has 3 aromatic rings. The first-order valence-electron chi connectivity index (χ1n) is 8.01. The van der Waals surface area contributed by atoms with Crippen molar-refractivity contribution in [2.24, 2.45) is 0 Å². The number of fused-ring (bicyclic) bond motifs is 1. The third-order valence-corrected chi connectivity index (χ3v) is 4.97. The second kappa shape index (κ2) is 6.33. The summed E-state index contributed by atoms with van der Waals surface area (Å²) in [4.78, 5) is 19.2. The molecule has 0 bridgehead atoms. The summed E-state index contributed by atoms with van der Waals surface area (Å²) in [5, 5.41) is 3.48. The van der Waals surface area contributed by atoms with Crippen molar-refractivity contribution in [2.45, 2.75) is 13.1 Å². The fraction of sp³-hybridized carbons (Fsp3) is 0.100. The number of nitrogens with one attached hydrogen (secondary N) is 1. The molecule has 0 saturated heterocycles. The quantitative estimate of drug-likeness (QED) is 0.686. The number of aryl methyl sites for hydroxylation is 1. The Kier molecular flexibility index (Phi) is 4.01. The molecule has 1 aliphatic rings. The second-order valence-electron chi connectivity index (χ2n) is 5.98. The van der Waals surface area contributed by atoms with Gasteiger partial charge in [-0.15, -0.1) is 0 Å². The van der Waals surface area contributed by atoms with Crippen molar-refractivity contribution in [3.63, 3.8) is 0 Å². The number of anilines is 2. The lowest BCUT2D eigenvalue weighted by Crippen LogP contribution is -2.33. The number of hydrogen-bond donors (Lipinski definition) is 1. The van der Waals surface area contributed by atoms with Gasteiger partial charge in [-0.05, 0) is 58.7 Å². The Hall–Kier alpha value is -2.66. The van der Waals surface area contributed by atoms with Gasteiger partial charge in [0.2, 0.25) is 0 Å². The van der Waals surface area contributed by atoms with Gasteiger partial charge in [0.25, 0.3) is 5.91 Å². The lowest BCUT2D eigenvalue weighted by molar-refractivity contribution is 0.0992. The number of nitrogens with zero attached hydrogens (tertiary/aromatic N) is 2. The number of carbonyl (C=O) groups excluding carboxylic acids is 1. The smallest absolute Gasteiger partial charge is 0.261 e. The van der Waals surface area contributed by atoms with Gasteiger partial charge < -0.3 is 5.32 Å². The van der Waals surface area contributed by atoms with Crippen molar-refractivity contribution in [3.05, 3.63) is 88.0 Å². The third kappa shape index (κ3) is 2.81. The molecule has 1 aromatic heterocycles. The van der Waals surface area contributed by atoms with E-state index >= 15 is 0 Å². The summed E-state index contributed by atoms with van der Waals surface area (Å²) < 4.78 is 0.948. The van der Waals surface area contributed by atoms with Crippen LogP contribution in [0.1, 0.15) is 27.7 Å². The largest absolute Gasteiger partial charge is 0.360 e. The first-order chi connectivity index (χ1) is 12.1. The third-order valence-electron chi connectivity index (χ3n) is 4.28. The van der Waals surface area contributed by atoms with Crippen LogP contribution in [0.2, 0.25) is 0 Å². The molecule has 5 heteroatoms. The van der Waals surface area contributed by atoms with E-state index in [2.05, 4.69) is 26.2 Å². The molecule has 1 atom stereocenters. The highest BCUT2D eigenvalue weighted by Gasteiger charge is 2.38. The zero-order chi connectivity index (χ0) is 17.4. The molecule has 4 nitrogen and oxygen atoms in total. The molecule has 0 aliphatic carbocycles. The summed E-state index contributed by atoms with van der Waals surface area (Å²) in [6.07, 6.45) is 1.42. The van der Waals surface area contributed by atoms with Crippen LogP contribution in [0.4, 0.5) is 11.5 Å². The Morgan fingerprint density at radius 1 is 1.08 bits per heavy atom. The van der Waals surface area contributed by atoms with Gasteiger partial charge in [-0.25, -0.2) is 4.98 Å². The second-order valence-corrected chi connectivity index (χ2v) is 6.83. The summed E-state index contributed by atoms with van der Waals surface area (Å²) in [6, 6.07) is 19.4. The van der Waals surface area contributed by atoms with E-state index in [1.54, 1.807) is 11.1 Å². The fourth-order valence-corrected chi connectivity index (χ4v) is 3.47. The van der Waals surface area contributed by atoms with Gasteiger partial charge in [-0.2, -0.15) is 0 Å². The fourth-order valence-electron chi connectivity index (χ4n) is 3.07. The van der Waals surface area contributed by atoms with E-state index in [9.17, 15) is 4.79 Å². The number of hydrogen-bond acceptors (Lipinski definition) is 3. The molecule has 1 aliphatic heterocycles. The standard InChI is InChI=1S/C20H16BrN3O/c1-13-10-11-22-18(12-13)24-19(23-17-9-5-4-8-16(17)21)14-6-2-3-7-15(14)20(24)25/h2-12,19,23H,1H3. The van der Waals surface area contributed by atoms with Gasteiger partial charge in [-0.1, -0.05) is 30.3 Å². The van der Waals surface area contributed by atoms with Crippen LogP contribution in [0.15, 0.2) is 71.3 Å². The van der Waals surface area contributed by atoms with E-state index in [-0.39, 0.29) is 12.1 Å². The van der Waals surface area contributed by atoms with E-state index in [1.807, 2.05) is 67.6 Å². The molecule has 124 valence electrons. The molecule has 1 N–H and O–H groups in total. The van der Waals surface area contributed by atoms with Gasteiger partial charge in [0, 0.05) is 21.8 Å². The highest BCUT2D eigenvalue weighted by atomic mass is 79.9. The van der Waals surface area contributed by atoms with E-state index in [0.29, 0.717) is 11.4 Å². The molecule has 0 saturated carbocycles. The Morgan fingerprint density at radius 2 is 1.84 bits per heavy atom. The van der Waals surface area contributed by atoms with Crippen LogP contribution in [-0.2, 0) is 0 Å². The Bertz CT molecular complexity index is 957. The Morgan fingerprint density at radius 3 is 2.64 bits per heavy atom. The van der Waals surface area contributed by atoms with E-state index in [0.717, 1.165) is 21.3 Å². The minimum atomic E-state index is -0.309. The van der Waals surface area contributed by atoms with Crippen molar-refractivity contribution in [2.75, 3.05) is 10.2 Å². The number of rotatable bonds is 3. The van der Waals surface area contributed by atoms with Gasteiger partial charge in [0.05, 0.1) is 5.69 Å². The van der Waals surface area contributed by atoms with Gasteiger partial charge in [-0.3, -0.25) is 9.69 Å². The van der Waals surface area contributed by atoms with E-state index in [4.69, 9.17) is 0 Å². The van der Waals surface area contributed by atoms with Crippen molar-refractivity contribution >= 4 is 33.3 Å². The highest BCUT2D eigenvalue weighted by molar-refractivity contribution is 9.10. The molecular formula is C20H16BrN3O. The lowest BCUT2D eigenvalue weighted by Gasteiger charge is -2.27. The molecule has 0 radical (unpaired) electrons. The zero-order valence-corrected chi connectivity index (χ0v) is 15.2. The lowest BCUT2D eigenvalue weighted by atomic mass is 10.1. The van der Waals surface area contributed by atoms with Crippen LogP contribution in [0, 0.1) is 6.92 Å². The number of benzene rings is 2. The van der Waals surface area contributed by atoms with Crippen LogP contribution in [-0.4, -0.2) is 10.9 Å². The summed E-state index contributed by atoms with van der Waals surface area (Å²) in [6.45, 7) is 2.00. The maximum Gasteiger partial charge on any atom is 0.261 e. The number of aromatic nitrogens is 1. The average molecular weight is 394 g/mol. The van der Waals surface area contributed by atoms with Crippen LogP contribution < -0.4 is 10.2 Å². The minimum absolute atomic E-state index is 0.0433. The highest BCUT2D eigenvalue weighted by Crippen LogP contribution is 2.38. The predicted molar refractivity (Wildman–Crippen MR) is 103 cm³/mol. The van der Waals surface area contributed by atoms with Crippen LogP contribution in [0.25, 0.3) is 0 Å². The van der Waals surface area contributed by atoms with Crippen LogP contribution in [0.5, 0.6) is 0 Å². The number of carbonyl (C=O) groups is 1. The normalized spacial score (nSPS) is 16.0. The minimum Gasteiger partial charge on any atom is -0.360 e. The average Bonchev–Trinajstić information content (AvgIpc) is 2.90. The first kappa shape index (κ1) is 15.8. The number of amides is 1. The molecule has 0 spiro atoms. The number of halogens is 1.